The molecule has 7 nitrogen and oxygen atoms in total. The Hall–Kier alpha value is -3.39. The van der Waals surface area contributed by atoms with Crippen molar-refractivity contribution in [2.45, 2.75) is 58.0 Å². The van der Waals surface area contributed by atoms with Gasteiger partial charge in [-0.15, -0.1) is 11.3 Å². The minimum absolute atomic E-state index is 0.0720. The van der Waals surface area contributed by atoms with E-state index in [1.54, 1.807) is 24.3 Å². The first-order valence-electron chi connectivity index (χ1n) is 12.0. The Labute approximate surface area is 209 Å². The molecular weight excluding hydrogens is 462 g/mol. The largest absolute Gasteiger partial charge is 0.467 e. The monoisotopic (exact) mass is 493 g/mol. The fraction of sp³-hybridized carbons (Fsp3) is 0.370. The van der Waals surface area contributed by atoms with Gasteiger partial charge in [-0.05, 0) is 67.5 Å². The molecule has 1 aliphatic rings. The van der Waals surface area contributed by atoms with Gasteiger partial charge in [-0.3, -0.25) is 19.3 Å². The number of rotatable bonds is 8. The first-order chi connectivity index (χ1) is 17.0. The van der Waals surface area contributed by atoms with E-state index in [4.69, 9.17) is 4.42 Å². The average Bonchev–Trinajstić information content (AvgIpc) is 3.58. The van der Waals surface area contributed by atoms with E-state index in [0.29, 0.717) is 16.3 Å². The van der Waals surface area contributed by atoms with Gasteiger partial charge in [0, 0.05) is 11.7 Å². The van der Waals surface area contributed by atoms with Crippen LogP contribution in [0.5, 0.6) is 0 Å². The van der Waals surface area contributed by atoms with Gasteiger partial charge >= 0.3 is 0 Å². The van der Waals surface area contributed by atoms with E-state index in [1.165, 1.54) is 28.9 Å². The summed E-state index contributed by atoms with van der Waals surface area (Å²) in [6.45, 7) is 3.63. The number of carbonyl (C=O) groups is 3. The number of thiophene rings is 1. The van der Waals surface area contributed by atoms with E-state index in [-0.39, 0.29) is 24.4 Å². The Bertz CT molecular complexity index is 1150. The molecule has 35 heavy (non-hydrogen) atoms. The molecule has 1 aliphatic carbocycles. The van der Waals surface area contributed by atoms with Gasteiger partial charge in [-0.1, -0.05) is 37.5 Å². The summed E-state index contributed by atoms with van der Waals surface area (Å²) in [4.78, 5) is 41.9. The molecule has 0 aliphatic heterocycles. The van der Waals surface area contributed by atoms with E-state index in [2.05, 4.69) is 10.6 Å². The Balaban J connectivity index is 1.67. The van der Waals surface area contributed by atoms with E-state index in [9.17, 15) is 14.4 Å². The number of anilines is 1. The van der Waals surface area contributed by atoms with Crippen LogP contribution in [0.3, 0.4) is 0 Å². The first-order valence-corrected chi connectivity index (χ1v) is 12.9. The molecule has 2 heterocycles. The Morgan fingerprint density at radius 2 is 1.86 bits per heavy atom. The standard InChI is InChI=1S/C27H31N3O4S/c1-18-9-6-12-21(19(18)2)30(24(31)17-28-26(32)23-14-8-16-35-23)25(22-13-7-15-34-22)27(33)29-20-10-4-3-5-11-20/h6-9,12-16,20,25H,3-5,10-11,17H2,1-2H3,(H,28,32)(H,29,33)/t25-/m1/s1. The Kier molecular flexibility index (Phi) is 8.02. The predicted molar refractivity (Wildman–Crippen MR) is 137 cm³/mol. The van der Waals surface area contributed by atoms with E-state index in [0.717, 1.165) is 36.8 Å². The quantitative estimate of drug-likeness (QED) is 0.466. The highest BCUT2D eigenvalue weighted by atomic mass is 32.1. The van der Waals surface area contributed by atoms with Crippen molar-refractivity contribution in [3.8, 4) is 0 Å². The number of nitrogens with zero attached hydrogens (tertiary/aromatic N) is 1. The molecule has 8 heteroatoms. The number of benzene rings is 1. The van der Waals surface area contributed by atoms with Crippen LogP contribution in [-0.2, 0) is 9.59 Å². The third-order valence-corrected chi connectivity index (χ3v) is 7.39. The molecule has 2 N–H and O–H groups in total. The Morgan fingerprint density at radius 1 is 1.06 bits per heavy atom. The number of hydrogen-bond donors (Lipinski definition) is 2. The highest BCUT2D eigenvalue weighted by molar-refractivity contribution is 7.12. The van der Waals surface area contributed by atoms with Gasteiger partial charge in [0.25, 0.3) is 11.8 Å². The molecular formula is C27H31N3O4S. The minimum Gasteiger partial charge on any atom is -0.467 e. The van der Waals surface area contributed by atoms with Crippen molar-refractivity contribution in [1.82, 2.24) is 10.6 Å². The van der Waals surface area contributed by atoms with Gasteiger partial charge in [0.2, 0.25) is 5.91 Å². The number of nitrogens with one attached hydrogen (secondary N) is 2. The summed E-state index contributed by atoms with van der Waals surface area (Å²) in [5, 5.41) is 7.67. The number of hydrogen-bond acceptors (Lipinski definition) is 5. The van der Waals surface area contributed by atoms with E-state index in [1.807, 2.05) is 37.4 Å². The third-order valence-electron chi connectivity index (χ3n) is 6.52. The van der Waals surface area contributed by atoms with Crippen LogP contribution in [0.1, 0.15) is 64.7 Å². The average molecular weight is 494 g/mol. The van der Waals surface area contributed by atoms with Crippen molar-refractivity contribution in [3.05, 3.63) is 75.9 Å². The molecule has 2 aromatic heterocycles. The molecule has 1 fully saturated rings. The summed E-state index contributed by atoms with van der Waals surface area (Å²) in [6, 6.07) is 11.6. The van der Waals surface area contributed by atoms with Crippen molar-refractivity contribution in [2.24, 2.45) is 0 Å². The van der Waals surface area contributed by atoms with Crippen molar-refractivity contribution in [2.75, 3.05) is 11.4 Å². The van der Waals surface area contributed by atoms with Crippen LogP contribution in [0.2, 0.25) is 0 Å². The summed E-state index contributed by atoms with van der Waals surface area (Å²) >= 11 is 1.30. The topological polar surface area (TPSA) is 91.7 Å². The number of carbonyl (C=O) groups excluding carboxylic acids is 3. The third kappa shape index (κ3) is 5.82. The molecule has 1 saturated carbocycles. The van der Waals surface area contributed by atoms with Crippen molar-refractivity contribution in [3.63, 3.8) is 0 Å². The van der Waals surface area contributed by atoms with Crippen LogP contribution in [0.15, 0.2) is 58.5 Å². The van der Waals surface area contributed by atoms with Crippen LogP contribution in [-0.4, -0.2) is 30.3 Å². The van der Waals surface area contributed by atoms with Gasteiger partial charge < -0.3 is 15.1 Å². The first kappa shape index (κ1) is 24.7. The maximum absolute atomic E-state index is 13.7. The summed E-state index contributed by atoms with van der Waals surface area (Å²) in [6.07, 6.45) is 6.66. The minimum atomic E-state index is -1.00. The van der Waals surface area contributed by atoms with Crippen molar-refractivity contribution < 1.29 is 18.8 Å². The summed E-state index contributed by atoms with van der Waals surface area (Å²) in [7, 11) is 0. The number of aryl methyl sites for hydroxylation is 1. The molecule has 0 saturated heterocycles. The molecule has 1 aromatic carbocycles. The van der Waals surface area contributed by atoms with Gasteiger partial charge in [0.1, 0.15) is 5.76 Å². The lowest BCUT2D eigenvalue weighted by Gasteiger charge is -2.33. The molecule has 1 atom stereocenters. The van der Waals surface area contributed by atoms with Crippen LogP contribution in [0.25, 0.3) is 0 Å². The summed E-state index contributed by atoms with van der Waals surface area (Å²) in [5.74, 6) is -0.637. The zero-order chi connectivity index (χ0) is 24.8. The molecule has 4 rings (SSSR count). The highest BCUT2D eigenvalue weighted by Crippen LogP contribution is 2.32. The van der Waals surface area contributed by atoms with E-state index >= 15 is 0 Å². The van der Waals surface area contributed by atoms with Gasteiger partial charge in [0.05, 0.1) is 17.7 Å². The number of amides is 3. The maximum atomic E-state index is 13.7. The SMILES string of the molecule is Cc1cccc(N(C(=O)CNC(=O)c2cccs2)[C@@H](C(=O)NC2CCCCC2)c2ccco2)c1C. The van der Waals surface area contributed by atoms with E-state index < -0.39 is 11.9 Å². The van der Waals surface area contributed by atoms with Crippen molar-refractivity contribution in [1.29, 1.82) is 0 Å². The second-order valence-electron chi connectivity index (χ2n) is 8.90. The van der Waals surface area contributed by atoms with Crippen molar-refractivity contribution >= 4 is 34.7 Å². The zero-order valence-corrected chi connectivity index (χ0v) is 20.9. The molecule has 3 amide bonds. The fourth-order valence-electron chi connectivity index (χ4n) is 4.50. The highest BCUT2D eigenvalue weighted by Gasteiger charge is 2.36. The number of furan rings is 1. The lowest BCUT2D eigenvalue weighted by Crippen LogP contribution is -2.49. The van der Waals surface area contributed by atoms with Crippen LogP contribution < -0.4 is 15.5 Å². The second kappa shape index (κ2) is 11.4. The molecule has 0 unspecified atom stereocenters. The van der Waals surface area contributed by atoms with Crippen LogP contribution >= 0.6 is 11.3 Å². The lowest BCUT2D eigenvalue weighted by molar-refractivity contribution is -0.127. The van der Waals surface area contributed by atoms with Crippen LogP contribution in [0, 0.1) is 13.8 Å². The summed E-state index contributed by atoms with van der Waals surface area (Å²) in [5.41, 5.74) is 2.49. The fourth-order valence-corrected chi connectivity index (χ4v) is 5.14. The summed E-state index contributed by atoms with van der Waals surface area (Å²) < 4.78 is 5.67. The molecule has 0 spiro atoms. The normalized spacial score (nSPS) is 14.8. The smallest absolute Gasteiger partial charge is 0.261 e. The van der Waals surface area contributed by atoms with Gasteiger partial charge in [-0.2, -0.15) is 0 Å². The van der Waals surface area contributed by atoms with Gasteiger partial charge in [-0.25, -0.2) is 0 Å². The molecule has 3 aromatic rings. The molecule has 0 bridgehead atoms. The maximum Gasteiger partial charge on any atom is 0.261 e. The molecule has 0 radical (unpaired) electrons. The Morgan fingerprint density at radius 3 is 2.54 bits per heavy atom. The molecule has 184 valence electrons. The zero-order valence-electron chi connectivity index (χ0n) is 20.1. The predicted octanol–water partition coefficient (Wildman–Crippen LogP) is 4.91. The van der Waals surface area contributed by atoms with Crippen LogP contribution in [0.4, 0.5) is 5.69 Å². The second-order valence-corrected chi connectivity index (χ2v) is 9.85. The van der Waals surface area contributed by atoms with Gasteiger partial charge in [0.15, 0.2) is 6.04 Å². The lowest BCUT2D eigenvalue weighted by atomic mass is 9.95.